The molecule has 1 aliphatic carbocycles. The molecular weight excluding hydrogens is 493 g/mol. The molecule has 0 aromatic heterocycles. The lowest BCUT2D eigenvalue weighted by atomic mass is 9.73. The average molecular weight is 535 g/mol. The maximum Gasteiger partial charge on any atom is 0.418 e. The van der Waals surface area contributed by atoms with Gasteiger partial charge in [-0.15, -0.1) is 0 Å². The van der Waals surface area contributed by atoms with Crippen LogP contribution in [0.3, 0.4) is 0 Å². The lowest BCUT2D eigenvalue weighted by molar-refractivity contribution is -0.142. The molecule has 1 atom stereocenters. The molecule has 210 valence electrons. The molecule has 9 heteroatoms. The van der Waals surface area contributed by atoms with Gasteiger partial charge in [0.15, 0.2) is 0 Å². The highest BCUT2D eigenvalue weighted by Crippen LogP contribution is 2.38. The predicted molar refractivity (Wildman–Crippen MR) is 146 cm³/mol. The van der Waals surface area contributed by atoms with Gasteiger partial charge in [-0.05, 0) is 88.7 Å². The number of amides is 1. The van der Waals surface area contributed by atoms with Gasteiger partial charge in [-0.2, -0.15) is 13.2 Å². The number of anilines is 2. The molecule has 0 aliphatic heterocycles. The molecule has 6 nitrogen and oxygen atoms in total. The first kappa shape index (κ1) is 29.9. The van der Waals surface area contributed by atoms with Gasteiger partial charge in [0.1, 0.15) is 5.60 Å². The van der Waals surface area contributed by atoms with E-state index in [1.54, 1.807) is 0 Å². The Morgan fingerprint density at radius 1 is 1.03 bits per heavy atom. The van der Waals surface area contributed by atoms with Crippen LogP contribution in [0.2, 0.25) is 0 Å². The van der Waals surface area contributed by atoms with E-state index in [-0.39, 0.29) is 18.0 Å². The van der Waals surface area contributed by atoms with Crippen molar-refractivity contribution in [3.63, 3.8) is 0 Å². The van der Waals surface area contributed by atoms with Crippen LogP contribution in [0.1, 0.15) is 55.2 Å². The van der Waals surface area contributed by atoms with Gasteiger partial charge >= 0.3 is 6.18 Å². The third-order valence-electron chi connectivity index (χ3n) is 7.35. The van der Waals surface area contributed by atoms with Crippen molar-refractivity contribution < 1.29 is 23.1 Å². The first-order valence-electron chi connectivity index (χ1n) is 13.3. The van der Waals surface area contributed by atoms with Gasteiger partial charge in [-0.1, -0.05) is 43.5 Å². The van der Waals surface area contributed by atoms with Crippen LogP contribution < -0.4 is 11.1 Å². The molecule has 1 aliphatic rings. The van der Waals surface area contributed by atoms with Crippen LogP contribution in [-0.4, -0.2) is 60.6 Å². The molecule has 0 heterocycles. The SMILES string of the molecule is CN(C)CCCN(C)Cc1cccc(CC(O)(C(=O)Nc2ccc(N)c(C(F)(F)F)c2)C2CCCCC2)c1. The molecule has 0 radical (unpaired) electrons. The Labute approximate surface area is 224 Å². The van der Waals surface area contributed by atoms with Crippen LogP contribution >= 0.6 is 0 Å². The summed E-state index contributed by atoms with van der Waals surface area (Å²) in [5, 5.41) is 14.4. The second-order valence-corrected chi connectivity index (χ2v) is 10.9. The van der Waals surface area contributed by atoms with Crippen LogP contribution in [0.4, 0.5) is 24.5 Å². The quantitative estimate of drug-likeness (QED) is 0.347. The summed E-state index contributed by atoms with van der Waals surface area (Å²) in [6.07, 6.45) is 0.702. The fraction of sp³-hybridized carbons (Fsp3) is 0.552. The molecule has 1 unspecified atom stereocenters. The fourth-order valence-electron chi connectivity index (χ4n) is 5.31. The minimum Gasteiger partial charge on any atom is -0.398 e. The molecule has 0 saturated heterocycles. The summed E-state index contributed by atoms with van der Waals surface area (Å²) in [7, 11) is 6.17. The summed E-state index contributed by atoms with van der Waals surface area (Å²) in [5.41, 5.74) is 4.18. The monoisotopic (exact) mass is 534 g/mol. The van der Waals surface area contributed by atoms with Gasteiger partial charge in [0.05, 0.1) is 5.56 Å². The van der Waals surface area contributed by atoms with Crippen LogP contribution in [0, 0.1) is 5.92 Å². The number of nitrogens with zero attached hydrogens (tertiary/aromatic N) is 2. The van der Waals surface area contributed by atoms with Gasteiger partial charge in [0.25, 0.3) is 5.91 Å². The van der Waals surface area contributed by atoms with Crippen molar-refractivity contribution in [2.45, 2.75) is 63.3 Å². The van der Waals surface area contributed by atoms with Gasteiger partial charge in [-0.3, -0.25) is 4.79 Å². The summed E-state index contributed by atoms with van der Waals surface area (Å²) >= 11 is 0. The van der Waals surface area contributed by atoms with Crippen LogP contribution in [0.15, 0.2) is 42.5 Å². The van der Waals surface area contributed by atoms with Crippen molar-refractivity contribution in [1.82, 2.24) is 9.80 Å². The number of nitrogens with two attached hydrogens (primary N) is 1. The second kappa shape index (κ2) is 13.0. The first-order valence-corrected chi connectivity index (χ1v) is 13.3. The predicted octanol–water partition coefficient (Wildman–Crippen LogP) is 5.16. The molecule has 3 rings (SSSR count). The maximum atomic E-state index is 13.5. The summed E-state index contributed by atoms with van der Waals surface area (Å²) < 4.78 is 40.1. The number of halogens is 3. The van der Waals surface area contributed by atoms with Gasteiger partial charge in [0.2, 0.25) is 0 Å². The molecule has 2 aromatic rings. The number of alkyl halides is 3. The first-order chi connectivity index (χ1) is 17.9. The number of carbonyl (C=O) groups excluding carboxylic acids is 1. The van der Waals surface area contributed by atoms with E-state index in [0.717, 1.165) is 68.6 Å². The summed E-state index contributed by atoms with van der Waals surface area (Å²) in [4.78, 5) is 17.9. The summed E-state index contributed by atoms with van der Waals surface area (Å²) in [6.45, 7) is 2.69. The van der Waals surface area contributed by atoms with Crippen molar-refractivity contribution in [3.05, 3.63) is 59.2 Å². The molecule has 0 spiro atoms. The van der Waals surface area contributed by atoms with E-state index in [2.05, 4.69) is 36.3 Å². The van der Waals surface area contributed by atoms with Crippen LogP contribution in [0.25, 0.3) is 0 Å². The minimum atomic E-state index is -4.65. The Balaban J connectivity index is 1.80. The van der Waals surface area contributed by atoms with E-state index in [4.69, 9.17) is 5.73 Å². The Kier molecular flexibility index (Phi) is 10.2. The normalized spacial score (nSPS) is 16.6. The fourth-order valence-corrected chi connectivity index (χ4v) is 5.31. The average Bonchev–Trinajstić information content (AvgIpc) is 2.85. The Hall–Kier alpha value is -2.62. The molecule has 0 bridgehead atoms. The zero-order valence-electron chi connectivity index (χ0n) is 22.7. The number of nitrogens with one attached hydrogen (secondary N) is 1. The third kappa shape index (κ3) is 8.19. The molecule has 1 amide bonds. The molecule has 38 heavy (non-hydrogen) atoms. The van der Waals surface area contributed by atoms with E-state index in [0.29, 0.717) is 12.8 Å². The highest BCUT2D eigenvalue weighted by atomic mass is 19.4. The Bertz CT molecular complexity index is 1070. The number of hydrogen-bond acceptors (Lipinski definition) is 5. The summed E-state index contributed by atoms with van der Waals surface area (Å²) in [6, 6.07) is 11.1. The van der Waals surface area contributed by atoms with Crippen LogP contribution in [-0.2, 0) is 23.9 Å². The highest BCUT2D eigenvalue weighted by molar-refractivity contribution is 5.98. The van der Waals surface area contributed by atoms with E-state index >= 15 is 0 Å². The van der Waals surface area contributed by atoms with Gasteiger partial charge in [0, 0.05) is 24.3 Å². The van der Waals surface area contributed by atoms with E-state index in [1.807, 2.05) is 24.3 Å². The lowest BCUT2D eigenvalue weighted by Crippen LogP contribution is -2.51. The lowest BCUT2D eigenvalue weighted by Gasteiger charge is -2.37. The zero-order chi connectivity index (χ0) is 27.9. The Morgan fingerprint density at radius 2 is 1.71 bits per heavy atom. The topological polar surface area (TPSA) is 81.8 Å². The smallest absolute Gasteiger partial charge is 0.398 e. The second-order valence-electron chi connectivity index (χ2n) is 10.9. The highest BCUT2D eigenvalue weighted by Gasteiger charge is 2.44. The van der Waals surface area contributed by atoms with Crippen molar-refractivity contribution in [3.8, 4) is 0 Å². The molecule has 1 saturated carbocycles. The number of hydrogen-bond donors (Lipinski definition) is 3. The van der Waals surface area contributed by atoms with Crippen molar-refractivity contribution in [2.24, 2.45) is 5.92 Å². The summed E-state index contributed by atoms with van der Waals surface area (Å²) in [5.74, 6) is -0.974. The number of rotatable bonds is 11. The number of carbonyl (C=O) groups is 1. The molecule has 1 fully saturated rings. The largest absolute Gasteiger partial charge is 0.418 e. The van der Waals surface area contributed by atoms with Gasteiger partial charge in [-0.25, -0.2) is 0 Å². The van der Waals surface area contributed by atoms with Crippen molar-refractivity contribution in [1.29, 1.82) is 0 Å². The zero-order valence-corrected chi connectivity index (χ0v) is 22.7. The molecular formula is C29H41F3N4O2. The Morgan fingerprint density at radius 3 is 2.37 bits per heavy atom. The van der Waals surface area contributed by atoms with E-state index in [1.165, 1.54) is 6.07 Å². The van der Waals surface area contributed by atoms with Gasteiger partial charge < -0.3 is 26.0 Å². The molecule has 2 aromatic carbocycles. The van der Waals surface area contributed by atoms with Crippen molar-refractivity contribution in [2.75, 3.05) is 45.3 Å². The standard InChI is InChI=1S/C29H41F3N4O2/c1-35(2)15-8-16-36(3)20-22-10-7-9-21(17-22)19-28(38,23-11-5-4-6-12-23)27(37)34-24-13-14-26(33)25(18-24)29(30,31)32/h7,9-10,13-14,17-18,23,38H,4-6,8,11-12,15-16,19-20,33H2,1-3H3,(H,34,37). The number of nitrogen functional groups attached to an aromatic ring is 1. The van der Waals surface area contributed by atoms with E-state index in [9.17, 15) is 23.1 Å². The van der Waals surface area contributed by atoms with Crippen LogP contribution in [0.5, 0.6) is 0 Å². The maximum absolute atomic E-state index is 13.5. The number of benzene rings is 2. The van der Waals surface area contributed by atoms with Crippen molar-refractivity contribution >= 4 is 17.3 Å². The third-order valence-corrected chi connectivity index (χ3v) is 7.35. The number of aliphatic hydroxyl groups is 1. The molecule has 4 N–H and O–H groups in total. The minimum absolute atomic E-state index is 0.0427. The van der Waals surface area contributed by atoms with E-state index < -0.39 is 28.9 Å².